The number of nitrogens with zero attached hydrogens (tertiary/aromatic N) is 3. The molecule has 0 bridgehead atoms. The van der Waals surface area contributed by atoms with Crippen LogP contribution in [-0.4, -0.2) is 47.1 Å². The maximum atomic E-state index is 12.6. The number of hydrogen-bond acceptors (Lipinski definition) is 6. The lowest BCUT2D eigenvalue weighted by atomic mass is 9.91. The summed E-state index contributed by atoms with van der Waals surface area (Å²) in [6.45, 7) is 7.00. The highest BCUT2D eigenvalue weighted by molar-refractivity contribution is 7.15. The Morgan fingerprint density at radius 2 is 1.90 bits per heavy atom. The standard InChI is InChI=1S/C21H28N4O3S/c1-21(2,3)19(27)25-11-9-14(10-12-25)18(26)22-20-24-23-17(29-20)13-15-7-5-6-8-16(15)28-4/h5-8,14H,9-13H2,1-4H3,(H,22,24,26). The van der Waals surface area contributed by atoms with Crippen molar-refractivity contribution in [3.8, 4) is 5.75 Å². The number of amides is 2. The molecule has 2 amide bonds. The fourth-order valence-electron chi connectivity index (χ4n) is 3.41. The van der Waals surface area contributed by atoms with Gasteiger partial charge in [0.15, 0.2) is 0 Å². The number of ether oxygens (including phenoxy) is 1. The number of hydrogen-bond donors (Lipinski definition) is 1. The van der Waals surface area contributed by atoms with Crippen molar-refractivity contribution >= 4 is 28.3 Å². The first-order chi connectivity index (χ1) is 13.8. The summed E-state index contributed by atoms with van der Waals surface area (Å²) in [6.07, 6.45) is 1.94. The molecule has 1 aromatic heterocycles. The van der Waals surface area contributed by atoms with E-state index in [1.54, 1.807) is 7.11 Å². The Bertz CT molecular complexity index is 867. The van der Waals surface area contributed by atoms with Crippen LogP contribution in [-0.2, 0) is 16.0 Å². The van der Waals surface area contributed by atoms with Gasteiger partial charge in [-0.2, -0.15) is 0 Å². The van der Waals surface area contributed by atoms with Crippen LogP contribution < -0.4 is 10.1 Å². The van der Waals surface area contributed by atoms with E-state index in [4.69, 9.17) is 4.74 Å². The number of anilines is 1. The van der Waals surface area contributed by atoms with Crippen LogP contribution in [0.25, 0.3) is 0 Å². The molecule has 0 spiro atoms. The molecule has 0 atom stereocenters. The van der Waals surface area contributed by atoms with Gasteiger partial charge in [-0.15, -0.1) is 10.2 Å². The molecule has 7 nitrogen and oxygen atoms in total. The van der Waals surface area contributed by atoms with Crippen LogP contribution in [0.2, 0.25) is 0 Å². The minimum Gasteiger partial charge on any atom is -0.496 e. The average molecular weight is 417 g/mol. The first-order valence-electron chi connectivity index (χ1n) is 9.82. The molecule has 0 radical (unpaired) electrons. The van der Waals surface area contributed by atoms with Crippen molar-refractivity contribution in [2.45, 2.75) is 40.0 Å². The molecule has 8 heteroatoms. The quantitative estimate of drug-likeness (QED) is 0.808. The number of carbonyl (C=O) groups excluding carboxylic acids is 2. The van der Waals surface area contributed by atoms with Crippen LogP contribution in [0.5, 0.6) is 5.75 Å². The number of carbonyl (C=O) groups is 2. The monoisotopic (exact) mass is 416 g/mol. The van der Waals surface area contributed by atoms with E-state index >= 15 is 0 Å². The topological polar surface area (TPSA) is 84.4 Å². The zero-order valence-electron chi connectivity index (χ0n) is 17.4. The molecule has 1 N–H and O–H groups in total. The van der Waals surface area contributed by atoms with Gasteiger partial charge in [-0.3, -0.25) is 9.59 Å². The number of likely N-dealkylation sites (tertiary alicyclic amines) is 1. The Kier molecular flexibility index (Phi) is 6.52. The highest BCUT2D eigenvalue weighted by Gasteiger charge is 2.32. The minimum atomic E-state index is -0.389. The molecule has 2 aromatic rings. The second-order valence-electron chi connectivity index (χ2n) is 8.30. The average Bonchev–Trinajstić information content (AvgIpc) is 3.14. The van der Waals surface area contributed by atoms with Crippen LogP contribution in [0, 0.1) is 11.3 Å². The van der Waals surface area contributed by atoms with E-state index in [0.717, 1.165) is 16.3 Å². The second-order valence-corrected chi connectivity index (χ2v) is 9.36. The predicted molar refractivity (Wildman–Crippen MR) is 113 cm³/mol. The first kappa shape index (κ1) is 21.2. The number of aromatic nitrogens is 2. The molecule has 2 heterocycles. The van der Waals surface area contributed by atoms with Crippen LogP contribution in [0.3, 0.4) is 0 Å². The number of piperidine rings is 1. The van der Waals surface area contributed by atoms with Gasteiger partial charge in [0.2, 0.25) is 16.9 Å². The van der Waals surface area contributed by atoms with E-state index in [9.17, 15) is 9.59 Å². The number of methoxy groups -OCH3 is 1. The number of rotatable bonds is 5. The third-order valence-electron chi connectivity index (χ3n) is 5.03. The minimum absolute atomic E-state index is 0.0483. The van der Waals surface area contributed by atoms with Crippen LogP contribution in [0.15, 0.2) is 24.3 Å². The summed E-state index contributed by atoms with van der Waals surface area (Å²) >= 11 is 1.37. The lowest BCUT2D eigenvalue weighted by Gasteiger charge is -2.35. The summed E-state index contributed by atoms with van der Waals surface area (Å²) in [7, 11) is 1.64. The Morgan fingerprint density at radius 3 is 2.55 bits per heavy atom. The zero-order chi connectivity index (χ0) is 21.0. The van der Waals surface area contributed by atoms with Crippen LogP contribution in [0.1, 0.15) is 44.2 Å². The molecule has 1 aliphatic rings. The van der Waals surface area contributed by atoms with E-state index < -0.39 is 0 Å². The van der Waals surface area contributed by atoms with E-state index in [2.05, 4.69) is 15.5 Å². The fourth-order valence-corrected chi connectivity index (χ4v) is 4.18. The Hall–Kier alpha value is -2.48. The molecule has 156 valence electrons. The van der Waals surface area contributed by atoms with Gasteiger partial charge >= 0.3 is 0 Å². The fraction of sp³-hybridized carbons (Fsp3) is 0.524. The summed E-state index contributed by atoms with van der Waals surface area (Å²) in [5.74, 6) is 0.791. The Morgan fingerprint density at radius 1 is 1.21 bits per heavy atom. The maximum absolute atomic E-state index is 12.6. The van der Waals surface area contributed by atoms with Gasteiger partial charge in [0.05, 0.1) is 7.11 Å². The molecule has 1 aliphatic heterocycles. The summed E-state index contributed by atoms with van der Waals surface area (Å²) in [5.41, 5.74) is 0.638. The Labute approximate surface area is 175 Å². The molecule has 0 unspecified atom stereocenters. The van der Waals surface area contributed by atoms with Gasteiger partial charge in [-0.05, 0) is 18.9 Å². The molecule has 3 rings (SSSR count). The van der Waals surface area contributed by atoms with Crippen LogP contribution >= 0.6 is 11.3 Å². The van der Waals surface area contributed by atoms with Crippen molar-refractivity contribution in [3.05, 3.63) is 34.8 Å². The van der Waals surface area contributed by atoms with E-state index in [-0.39, 0.29) is 23.1 Å². The van der Waals surface area contributed by atoms with E-state index in [1.807, 2.05) is 49.9 Å². The molecular weight excluding hydrogens is 388 g/mol. The smallest absolute Gasteiger partial charge is 0.229 e. The lowest BCUT2D eigenvalue weighted by molar-refractivity contribution is -0.142. The van der Waals surface area contributed by atoms with Crippen LogP contribution in [0.4, 0.5) is 5.13 Å². The number of benzene rings is 1. The first-order valence-corrected chi connectivity index (χ1v) is 10.6. The van der Waals surface area contributed by atoms with Gasteiger partial charge < -0.3 is 15.0 Å². The third-order valence-corrected chi connectivity index (χ3v) is 5.86. The van der Waals surface area contributed by atoms with Crippen molar-refractivity contribution < 1.29 is 14.3 Å². The van der Waals surface area contributed by atoms with Crippen molar-refractivity contribution in [2.75, 3.05) is 25.5 Å². The van der Waals surface area contributed by atoms with Crippen molar-refractivity contribution in [3.63, 3.8) is 0 Å². The molecular formula is C21H28N4O3S. The molecule has 0 saturated carbocycles. The van der Waals surface area contributed by atoms with E-state index in [0.29, 0.717) is 37.5 Å². The summed E-state index contributed by atoms with van der Waals surface area (Å²) in [6, 6.07) is 7.79. The molecule has 0 aliphatic carbocycles. The molecule has 1 fully saturated rings. The van der Waals surface area contributed by atoms with Crippen molar-refractivity contribution in [1.82, 2.24) is 15.1 Å². The highest BCUT2D eigenvalue weighted by Crippen LogP contribution is 2.27. The number of para-hydroxylation sites is 1. The predicted octanol–water partition coefficient (Wildman–Crippen LogP) is 3.36. The van der Waals surface area contributed by atoms with Gasteiger partial charge in [0.1, 0.15) is 10.8 Å². The summed E-state index contributed by atoms with van der Waals surface area (Å²) in [4.78, 5) is 26.9. The highest BCUT2D eigenvalue weighted by atomic mass is 32.1. The van der Waals surface area contributed by atoms with Crippen molar-refractivity contribution in [2.24, 2.45) is 11.3 Å². The van der Waals surface area contributed by atoms with Gasteiger partial charge in [0, 0.05) is 36.4 Å². The normalized spacial score (nSPS) is 15.2. The Balaban J connectivity index is 1.54. The summed E-state index contributed by atoms with van der Waals surface area (Å²) in [5, 5.41) is 12.5. The van der Waals surface area contributed by atoms with Gasteiger partial charge in [0.25, 0.3) is 0 Å². The lowest BCUT2D eigenvalue weighted by Crippen LogP contribution is -2.45. The number of nitrogens with one attached hydrogen (secondary N) is 1. The van der Waals surface area contributed by atoms with Gasteiger partial charge in [-0.25, -0.2) is 0 Å². The molecule has 1 aromatic carbocycles. The van der Waals surface area contributed by atoms with E-state index in [1.165, 1.54) is 11.3 Å². The van der Waals surface area contributed by atoms with Gasteiger partial charge in [-0.1, -0.05) is 50.3 Å². The maximum Gasteiger partial charge on any atom is 0.229 e. The van der Waals surface area contributed by atoms with Crippen molar-refractivity contribution in [1.29, 1.82) is 0 Å². The second kappa shape index (κ2) is 8.90. The SMILES string of the molecule is COc1ccccc1Cc1nnc(NC(=O)C2CCN(C(=O)C(C)(C)C)CC2)s1. The zero-order valence-corrected chi connectivity index (χ0v) is 18.2. The largest absolute Gasteiger partial charge is 0.496 e. The third kappa shape index (κ3) is 5.32. The molecule has 29 heavy (non-hydrogen) atoms. The summed E-state index contributed by atoms with van der Waals surface area (Å²) < 4.78 is 5.37. The molecule has 1 saturated heterocycles.